The molecule has 1 aromatic carbocycles. The van der Waals surface area contributed by atoms with E-state index in [1.807, 2.05) is 55.2 Å². The molecule has 0 radical (unpaired) electrons. The maximum Gasteiger partial charge on any atom is 0.119 e. The van der Waals surface area contributed by atoms with Crippen LogP contribution in [0.15, 0.2) is 36.7 Å². The van der Waals surface area contributed by atoms with E-state index in [0.29, 0.717) is 19.4 Å². The zero-order valence-electron chi connectivity index (χ0n) is 12.1. The van der Waals surface area contributed by atoms with Crippen LogP contribution in [-0.2, 0) is 13.0 Å². The predicted molar refractivity (Wildman–Crippen MR) is 78.9 cm³/mol. The molecule has 0 amide bonds. The maximum absolute atomic E-state index is 10.0. The Balaban J connectivity index is 1.73. The highest BCUT2D eigenvalue weighted by Crippen LogP contribution is 2.13. The molecule has 1 N–H and O–H groups in total. The van der Waals surface area contributed by atoms with Gasteiger partial charge in [0.25, 0.3) is 0 Å². The number of benzene rings is 1. The molecule has 0 saturated heterocycles. The molecule has 0 fully saturated rings. The van der Waals surface area contributed by atoms with Crippen molar-refractivity contribution in [3.05, 3.63) is 47.8 Å². The number of rotatable bonds is 7. The molecule has 108 valence electrons. The van der Waals surface area contributed by atoms with E-state index in [1.54, 1.807) is 0 Å². The molecule has 20 heavy (non-hydrogen) atoms. The van der Waals surface area contributed by atoms with Crippen LogP contribution in [-0.4, -0.2) is 27.6 Å². The Hall–Kier alpha value is -1.81. The van der Waals surface area contributed by atoms with Crippen molar-refractivity contribution in [3.8, 4) is 5.75 Å². The highest BCUT2D eigenvalue weighted by Gasteiger charge is 2.08. The summed E-state index contributed by atoms with van der Waals surface area (Å²) in [7, 11) is 0. The van der Waals surface area contributed by atoms with E-state index in [9.17, 15) is 5.11 Å². The summed E-state index contributed by atoms with van der Waals surface area (Å²) in [6.07, 6.45) is 4.63. The highest BCUT2D eigenvalue weighted by atomic mass is 16.5. The summed E-state index contributed by atoms with van der Waals surface area (Å²) >= 11 is 0. The lowest BCUT2D eigenvalue weighted by molar-refractivity contribution is 0.139. The van der Waals surface area contributed by atoms with Gasteiger partial charge in [-0.15, -0.1) is 0 Å². The first-order valence-electron chi connectivity index (χ1n) is 7.06. The van der Waals surface area contributed by atoms with Gasteiger partial charge in [0.05, 0.1) is 18.9 Å². The second-order valence-corrected chi connectivity index (χ2v) is 5.02. The monoisotopic (exact) mass is 274 g/mol. The van der Waals surface area contributed by atoms with E-state index in [1.165, 1.54) is 5.56 Å². The molecule has 0 aliphatic carbocycles. The third-order valence-electron chi connectivity index (χ3n) is 3.19. The normalized spacial score (nSPS) is 12.3. The highest BCUT2D eigenvalue weighted by molar-refractivity contribution is 5.27. The Labute approximate surface area is 120 Å². The Kier molecular flexibility index (Phi) is 5.18. The third-order valence-corrected chi connectivity index (χ3v) is 3.19. The fourth-order valence-electron chi connectivity index (χ4n) is 2.08. The van der Waals surface area contributed by atoms with Crippen LogP contribution in [0.3, 0.4) is 0 Å². The van der Waals surface area contributed by atoms with Crippen molar-refractivity contribution >= 4 is 0 Å². The summed E-state index contributed by atoms with van der Waals surface area (Å²) in [6, 6.07) is 7.94. The first-order chi connectivity index (χ1) is 9.67. The summed E-state index contributed by atoms with van der Waals surface area (Å²) < 4.78 is 7.51. The molecule has 1 unspecified atom stereocenters. The zero-order chi connectivity index (χ0) is 14.4. The van der Waals surface area contributed by atoms with Crippen LogP contribution in [0, 0.1) is 6.92 Å². The minimum absolute atomic E-state index is 0.394. The Bertz CT molecular complexity index is 537. The topological polar surface area (TPSA) is 47.3 Å². The smallest absolute Gasteiger partial charge is 0.119 e. The second-order valence-electron chi connectivity index (χ2n) is 5.02. The lowest BCUT2D eigenvalue weighted by Crippen LogP contribution is -2.14. The van der Waals surface area contributed by atoms with Gasteiger partial charge in [0.2, 0.25) is 0 Å². The lowest BCUT2D eigenvalue weighted by atomic mass is 10.1. The van der Waals surface area contributed by atoms with Crippen molar-refractivity contribution in [3.63, 3.8) is 0 Å². The van der Waals surface area contributed by atoms with Crippen molar-refractivity contribution in [1.82, 2.24) is 9.78 Å². The summed E-state index contributed by atoms with van der Waals surface area (Å²) in [4.78, 5) is 0. The van der Waals surface area contributed by atoms with Gasteiger partial charge in [-0.2, -0.15) is 5.10 Å². The first-order valence-corrected chi connectivity index (χ1v) is 7.06. The second kappa shape index (κ2) is 7.10. The number of aliphatic hydroxyl groups excluding tert-OH is 1. The standard InChI is InChI=1S/C16H22N2O2/c1-3-18-12-14(11-17-18)10-15(19)7-8-20-16-6-4-5-13(2)9-16/h4-6,9,11-12,15,19H,3,7-8,10H2,1-2H3. The van der Waals surface area contributed by atoms with Gasteiger partial charge in [-0.25, -0.2) is 0 Å². The summed E-state index contributed by atoms with van der Waals surface area (Å²) in [5.74, 6) is 0.857. The maximum atomic E-state index is 10.0. The molecule has 4 heteroatoms. The van der Waals surface area contributed by atoms with Gasteiger partial charge in [-0.3, -0.25) is 4.68 Å². The quantitative estimate of drug-likeness (QED) is 0.844. The van der Waals surface area contributed by atoms with E-state index >= 15 is 0 Å². The molecule has 1 aromatic heterocycles. The van der Waals surface area contributed by atoms with E-state index in [4.69, 9.17) is 4.74 Å². The molecule has 0 bridgehead atoms. The summed E-state index contributed by atoms with van der Waals surface area (Å²) in [5, 5.41) is 14.2. The largest absolute Gasteiger partial charge is 0.493 e. The molecule has 2 rings (SSSR count). The molecule has 1 heterocycles. The average Bonchev–Trinajstić information content (AvgIpc) is 2.86. The number of hydrogen-bond donors (Lipinski definition) is 1. The molecular weight excluding hydrogens is 252 g/mol. The van der Waals surface area contributed by atoms with Crippen LogP contribution in [0.4, 0.5) is 0 Å². The third kappa shape index (κ3) is 4.38. The van der Waals surface area contributed by atoms with Crippen LogP contribution in [0.2, 0.25) is 0 Å². The Morgan fingerprint density at radius 2 is 2.25 bits per heavy atom. The van der Waals surface area contributed by atoms with Crippen molar-refractivity contribution < 1.29 is 9.84 Å². The van der Waals surface area contributed by atoms with E-state index in [0.717, 1.165) is 17.9 Å². The number of aryl methyl sites for hydroxylation is 2. The molecule has 1 atom stereocenters. The number of aromatic nitrogens is 2. The average molecular weight is 274 g/mol. The van der Waals surface area contributed by atoms with Crippen LogP contribution in [0.5, 0.6) is 5.75 Å². The van der Waals surface area contributed by atoms with Gasteiger partial charge in [-0.1, -0.05) is 12.1 Å². The van der Waals surface area contributed by atoms with E-state index < -0.39 is 6.10 Å². The van der Waals surface area contributed by atoms with Crippen LogP contribution in [0.25, 0.3) is 0 Å². The Morgan fingerprint density at radius 3 is 2.95 bits per heavy atom. The zero-order valence-corrected chi connectivity index (χ0v) is 12.1. The van der Waals surface area contributed by atoms with Gasteiger partial charge < -0.3 is 9.84 Å². The molecule has 0 aliphatic rings. The van der Waals surface area contributed by atoms with Crippen molar-refractivity contribution in [2.24, 2.45) is 0 Å². The SMILES string of the molecule is CCn1cc(CC(O)CCOc2cccc(C)c2)cn1. The summed E-state index contributed by atoms with van der Waals surface area (Å²) in [5.41, 5.74) is 2.24. The molecule has 4 nitrogen and oxygen atoms in total. The van der Waals surface area contributed by atoms with Gasteiger partial charge >= 0.3 is 0 Å². The molecular formula is C16H22N2O2. The van der Waals surface area contributed by atoms with E-state index in [2.05, 4.69) is 5.10 Å². The summed E-state index contributed by atoms with van der Waals surface area (Å²) in [6.45, 7) is 5.45. The molecule has 2 aromatic rings. The van der Waals surface area contributed by atoms with Crippen LogP contribution >= 0.6 is 0 Å². The van der Waals surface area contributed by atoms with Crippen LogP contribution in [0.1, 0.15) is 24.5 Å². The number of aliphatic hydroxyl groups is 1. The minimum Gasteiger partial charge on any atom is -0.493 e. The number of hydrogen-bond acceptors (Lipinski definition) is 3. The van der Waals surface area contributed by atoms with Crippen molar-refractivity contribution in [2.45, 2.75) is 39.3 Å². The predicted octanol–water partition coefficient (Wildman–Crippen LogP) is 2.58. The fraction of sp³-hybridized carbons (Fsp3) is 0.438. The molecule has 0 saturated carbocycles. The number of nitrogens with zero attached hydrogens (tertiary/aromatic N) is 2. The van der Waals surface area contributed by atoms with Crippen molar-refractivity contribution in [2.75, 3.05) is 6.61 Å². The minimum atomic E-state index is -0.394. The lowest BCUT2D eigenvalue weighted by Gasteiger charge is -2.11. The molecule has 0 aliphatic heterocycles. The van der Waals surface area contributed by atoms with Gasteiger partial charge in [0.15, 0.2) is 0 Å². The van der Waals surface area contributed by atoms with Gasteiger partial charge in [0, 0.05) is 25.6 Å². The number of ether oxygens (including phenoxy) is 1. The fourth-order valence-corrected chi connectivity index (χ4v) is 2.08. The first kappa shape index (κ1) is 14.6. The van der Waals surface area contributed by atoms with Gasteiger partial charge in [0.1, 0.15) is 5.75 Å². The van der Waals surface area contributed by atoms with E-state index in [-0.39, 0.29) is 0 Å². The Morgan fingerprint density at radius 1 is 1.40 bits per heavy atom. The molecule has 0 spiro atoms. The van der Waals surface area contributed by atoms with Gasteiger partial charge in [-0.05, 0) is 37.1 Å². The van der Waals surface area contributed by atoms with Crippen molar-refractivity contribution in [1.29, 1.82) is 0 Å². The van der Waals surface area contributed by atoms with Crippen LogP contribution < -0.4 is 4.74 Å².